The summed E-state index contributed by atoms with van der Waals surface area (Å²) in [7, 11) is 0. The second-order valence-corrected chi connectivity index (χ2v) is 6.53. The quantitative estimate of drug-likeness (QED) is 0.657. The van der Waals surface area contributed by atoms with Crippen LogP contribution in [0.15, 0.2) is 53.3 Å². The monoisotopic (exact) mass is 359 g/mol. The van der Waals surface area contributed by atoms with Gasteiger partial charge in [0, 0.05) is 0 Å². The van der Waals surface area contributed by atoms with Gasteiger partial charge in [-0.25, -0.2) is 9.67 Å². The molecule has 2 aromatic heterocycles. The van der Waals surface area contributed by atoms with E-state index in [2.05, 4.69) is 15.4 Å². The van der Waals surface area contributed by atoms with Gasteiger partial charge in [0.2, 0.25) is 11.1 Å². The fourth-order valence-electron chi connectivity index (χ4n) is 1.91. The summed E-state index contributed by atoms with van der Waals surface area (Å²) in [5.74, 6) is -0.682. The predicted molar refractivity (Wildman–Crippen MR) is 93.5 cm³/mol. The number of benzene rings is 1. The third-order valence-electron chi connectivity index (χ3n) is 3.01. The van der Waals surface area contributed by atoms with Crippen LogP contribution in [0, 0.1) is 0 Å². The topological polar surface area (TPSA) is 103 Å². The van der Waals surface area contributed by atoms with E-state index in [0.717, 1.165) is 5.69 Å². The number of thioether (sulfide) groups is 1. The largest absolute Gasteiger partial charge is 0.366 e. The molecule has 0 bridgehead atoms. The summed E-state index contributed by atoms with van der Waals surface area (Å²) in [5, 5.41) is 9.64. The van der Waals surface area contributed by atoms with E-state index in [1.807, 2.05) is 30.3 Å². The number of hydrogen-bond acceptors (Lipinski definition) is 6. The normalized spacial score (nSPS) is 10.5. The van der Waals surface area contributed by atoms with E-state index in [1.165, 1.54) is 23.1 Å². The number of thiophene rings is 1. The zero-order chi connectivity index (χ0) is 16.9. The Balaban J connectivity index is 1.58. The minimum Gasteiger partial charge on any atom is -0.366 e. The SMILES string of the molecule is NC(=O)c1ccsc1NC(=O)CSc1ncn(-c2ccccc2)n1. The second-order valence-electron chi connectivity index (χ2n) is 4.67. The molecule has 0 fully saturated rings. The number of nitrogens with one attached hydrogen (secondary N) is 1. The van der Waals surface area contributed by atoms with Crippen LogP contribution in [0.2, 0.25) is 0 Å². The highest BCUT2D eigenvalue weighted by Gasteiger charge is 2.13. The second kappa shape index (κ2) is 7.28. The lowest BCUT2D eigenvalue weighted by molar-refractivity contribution is -0.113. The zero-order valence-corrected chi connectivity index (χ0v) is 14.0. The molecule has 0 aliphatic rings. The molecule has 2 heterocycles. The molecule has 0 spiro atoms. The summed E-state index contributed by atoms with van der Waals surface area (Å²) in [4.78, 5) is 27.4. The lowest BCUT2D eigenvalue weighted by Gasteiger charge is -2.03. The molecule has 0 aliphatic heterocycles. The molecule has 7 nitrogen and oxygen atoms in total. The number of carbonyl (C=O) groups excluding carboxylic acids is 2. The maximum Gasteiger partial charge on any atom is 0.251 e. The van der Waals surface area contributed by atoms with Gasteiger partial charge < -0.3 is 11.1 Å². The number of aromatic nitrogens is 3. The molecular formula is C15H13N5O2S2. The molecule has 3 aromatic rings. The van der Waals surface area contributed by atoms with Gasteiger partial charge in [0.25, 0.3) is 5.91 Å². The first-order chi connectivity index (χ1) is 11.6. The van der Waals surface area contributed by atoms with E-state index in [1.54, 1.807) is 22.5 Å². The highest BCUT2D eigenvalue weighted by Crippen LogP contribution is 2.23. The third-order valence-corrected chi connectivity index (χ3v) is 4.69. The third kappa shape index (κ3) is 3.81. The van der Waals surface area contributed by atoms with Crippen molar-refractivity contribution in [3.8, 4) is 5.69 Å². The van der Waals surface area contributed by atoms with Gasteiger partial charge in [0.15, 0.2) is 0 Å². The highest BCUT2D eigenvalue weighted by molar-refractivity contribution is 7.99. The van der Waals surface area contributed by atoms with Crippen molar-refractivity contribution in [1.82, 2.24) is 14.8 Å². The lowest BCUT2D eigenvalue weighted by atomic mass is 10.3. The summed E-state index contributed by atoms with van der Waals surface area (Å²) in [6, 6.07) is 11.2. The fraction of sp³-hybridized carbons (Fsp3) is 0.0667. The minimum absolute atomic E-state index is 0.134. The Morgan fingerprint density at radius 2 is 2.04 bits per heavy atom. The Kier molecular flexibility index (Phi) is 4.92. The molecule has 3 N–H and O–H groups in total. The molecule has 9 heteroatoms. The smallest absolute Gasteiger partial charge is 0.251 e. The van der Waals surface area contributed by atoms with E-state index in [-0.39, 0.29) is 11.7 Å². The van der Waals surface area contributed by atoms with Crippen molar-refractivity contribution >= 4 is 39.9 Å². The Labute approximate surface area is 145 Å². The van der Waals surface area contributed by atoms with Gasteiger partial charge in [0.05, 0.1) is 17.0 Å². The van der Waals surface area contributed by atoms with E-state index in [0.29, 0.717) is 15.7 Å². The van der Waals surface area contributed by atoms with Crippen LogP contribution in [-0.2, 0) is 4.79 Å². The first-order valence-electron chi connectivity index (χ1n) is 6.90. The number of para-hydroxylation sites is 1. The number of carbonyl (C=O) groups is 2. The molecule has 2 amide bonds. The number of nitrogens with zero attached hydrogens (tertiary/aromatic N) is 3. The lowest BCUT2D eigenvalue weighted by Crippen LogP contribution is -2.17. The van der Waals surface area contributed by atoms with Crippen LogP contribution in [0.5, 0.6) is 0 Å². The zero-order valence-electron chi connectivity index (χ0n) is 12.4. The van der Waals surface area contributed by atoms with Crippen LogP contribution in [0.4, 0.5) is 5.00 Å². The van der Waals surface area contributed by atoms with Crippen molar-refractivity contribution in [2.24, 2.45) is 5.73 Å². The maximum atomic E-state index is 12.0. The Bertz CT molecular complexity index is 860. The molecular weight excluding hydrogens is 346 g/mol. The maximum absolute atomic E-state index is 12.0. The van der Waals surface area contributed by atoms with Crippen molar-refractivity contribution in [3.63, 3.8) is 0 Å². The number of nitrogens with two attached hydrogens (primary N) is 1. The van der Waals surface area contributed by atoms with Gasteiger partial charge in [0.1, 0.15) is 11.3 Å². The summed E-state index contributed by atoms with van der Waals surface area (Å²) < 4.78 is 1.64. The predicted octanol–water partition coefficient (Wildman–Crippen LogP) is 2.16. The molecule has 3 rings (SSSR count). The van der Waals surface area contributed by atoms with Gasteiger partial charge in [-0.3, -0.25) is 9.59 Å². The van der Waals surface area contributed by atoms with Crippen molar-refractivity contribution in [2.75, 3.05) is 11.1 Å². The van der Waals surface area contributed by atoms with Crippen LogP contribution in [0.25, 0.3) is 5.69 Å². The number of hydrogen-bond donors (Lipinski definition) is 2. The van der Waals surface area contributed by atoms with Crippen molar-refractivity contribution < 1.29 is 9.59 Å². The molecule has 0 aliphatic carbocycles. The van der Waals surface area contributed by atoms with Crippen LogP contribution < -0.4 is 11.1 Å². The van der Waals surface area contributed by atoms with Crippen molar-refractivity contribution in [1.29, 1.82) is 0 Å². The molecule has 24 heavy (non-hydrogen) atoms. The summed E-state index contributed by atoms with van der Waals surface area (Å²) in [6.45, 7) is 0. The van der Waals surface area contributed by atoms with E-state index < -0.39 is 5.91 Å². The van der Waals surface area contributed by atoms with Gasteiger partial charge in [-0.2, -0.15) is 0 Å². The first kappa shape index (κ1) is 16.2. The molecule has 0 saturated heterocycles. The van der Waals surface area contributed by atoms with E-state index in [9.17, 15) is 9.59 Å². The summed E-state index contributed by atoms with van der Waals surface area (Å²) in [5.41, 5.74) is 6.45. The number of primary amides is 1. The average molecular weight is 359 g/mol. The first-order valence-corrected chi connectivity index (χ1v) is 8.77. The van der Waals surface area contributed by atoms with Crippen LogP contribution in [0.1, 0.15) is 10.4 Å². The van der Waals surface area contributed by atoms with Gasteiger partial charge in [-0.1, -0.05) is 30.0 Å². The molecule has 0 saturated carbocycles. The van der Waals surface area contributed by atoms with Gasteiger partial charge in [-0.05, 0) is 23.6 Å². The van der Waals surface area contributed by atoms with Gasteiger partial charge >= 0.3 is 0 Å². The van der Waals surface area contributed by atoms with Crippen LogP contribution in [0.3, 0.4) is 0 Å². The molecule has 0 atom stereocenters. The van der Waals surface area contributed by atoms with Gasteiger partial charge in [-0.15, -0.1) is 16.4 Å². The van der Waals surface area contributed by atoms with Crippen molar-refractivity contribution in [3.05, 3.63) is 53.7 Å². The molecule has 0 radical (unpaired) electrons. The number of rotatable bonds is 6. The van der Waals surface area contributed by atoms with E-state index in [4.69, 9.17) is 5.73 Å². The average Bonchev–Trinajstić information content (AvgIpc) is 3.23. The minimum atomic E-state index is -0.567. The van der Waals surface area contributed by atoms with Crippen LogP contribution in [-0.4, -0.2) is 32.3 Å². The van der Waals surface area contributed by atoms with Crippen molar-refractivity contribution in [2.45, 2.75) is 5.16 Å². The standard InChI is InChI=1S/C15H13N5O2S2/c16-13(22)11-6-7-23-14(11)18-12(21)8-24-15-17-9-20(19-15)10-4-2-1-3-5-10/h1-7,9H,8H2,(H2,16,22)(H,18,21). The number of amides is 2. The molecule has 0 unspecified atom stereocenters. The Morgan fingerprint density at radius 3 is 2.79 bits per heavy atom. The van der Waals surface area contributed by atoms with E-state index >= 15 is 0 Å². The Morgan fingerprint density at radius 1 is 1.25 bits per heavy atom. The number of anilines is 1. The molecule has 1 aromatic carbocycles. The van der Waals surface area contributed by atoms with Crippen LogP contribution >= 0.6 is 23.1 Å². The highest BCUT2D eigenvalue weighted by atomic mass is 32.2. The fourth-order valence-corrected chi connectivity index (χ4v) is 3.32. The molecule has 122 valence electrons. The summed E-state index contributed by atoms with van der Waals surface area (Å²) >= 11 is 2.47. The Hall–Kier alpha value is -2.65. The summed E-state index contributed by atoms with van der Waals surface area (Å²) in [6.07, 6.45) is 1.60.